The Labute approximate surface area is 121 Å². The Morgan fingerprint density at radius 2 is 2.14 bits per heavy atom. The van der Waals surface area contributed by atoms with Gasteiger partial charge in [-0.15, -0.1) is 9.19 Å². The number of hydrogen-bond donors (Lipinski definition) is 3. The lowest BCUT2D eigenvalue weighted by molar-refractivity contribution is 0.415. The minimum Gasteiger partial charge on any atom is -0.497 e. The van der Waals surface area contributed by atoms with E-state index in [1.807, 2.05) is 0 Å². The molecular formula is C11H14N6O3S. The van der Waals surface area contributed by atoms with Crippen LogP contribution in [0.25, 0.3) is 0 Å². The zero-order valence-corrected chi connectivity index (χ0v) is 12.2. The number of nitrogens with zero attached hydrogens (tertiary/aromatic N) is 3. The van der Waals surface area contributed by atoms with E-state index in [-0.39, 0.29) is 11.8 Å². The van der Waals surface area contributed by atoms with E-state index in [2.05, 4.69) is 15.4 Å². The van der Waals surface area contributed by atoms with Crippen molar-refractivity contribution in [3.05, 3.63) is 29.8 Å². The summed E-state index contributed by atoms with van der Waals surface area (Å²) in [6.07, 6.45) is 0.923. The van der Waals surface area contributed by atoms with Gasteiger partial charge in [-0.05, 0) is 12.1 Å². The second-order valence-electron chi connectivity index (χ2n) is 4.13. The van der Waals surface area contributed by atoms with Gasteiger partial charge in [0.05, 0.1) is 13.4 Å². The van der Waals surface area contributed by atoms with Crippen LogP contribution in [0, 0.1) is 5.41 Å². The topological polar surface area (TPSA) is 136 Å². The summed E-state index contributed by atoms with van der Waals surface area (Å²) in [5.74, 6) is 0.323. The Bertz CT molecular complexity index is 830. The quantitative estimate of drug-likeness (QED) is 0.717. The standard InChI is InChI=1S/C11H14N6O3S/c1-20-8-5-3-4-7(6-8)14-11-15-9(12)10(13)17(16-11)21(2,18)19/h3-6,13H,1-2H3,(H3,12,14,15,16). The normalized spacial score (nSPS) is 11.1. The van der Waals surface area contributed by atoms with Crippen molar-refractivity contribution >= 4 is 27.5 Å². The van der Waals surface area contributed by atoms with E-state index in [1.165, 1.54) is 7.11 Å². The molecule has 2 rings (SSSR count). The number of nitrogens with one attached hydrogen (secondary N) is 2. The number of rotatable bonds is 4. The summed E-state index contributed by atoms with van der Waals surface area (Å²) < 4.78 is 28.7. The molecule has 0 saturated carbocycles. The fourth-order valence-electron chi connectivity index (χ4n) is 1.55. The largest absolute Gasteiger partial charge is 0.497 e. The highest BCUT2D eigenvalue weighted by molar-refractivity contribution is 7.89. The average molecular weight is 310 g/mol. The zero-order valence-electron chi connectivity index (χ0n) is 11.4. The summed E-state index contributed by atoms with van der Waals surface area (Å²) in [5, 5.41) is 14.1. The third kappa shape index (κ3) is 3.28. The lowest BCUT2D eigenvalue weighted by Crippen LogP contribution is -2.32. The van der Waals surface area contributed by atoms with Crippen molar-refractivity contribution in [2.45, 2.75) is 0 Å². The fourth-order valence-corrected chi connectivity index (χ4v) is 2.20. The van der Waals surface area contributed by atoms with Crippen molar-refractivity contribution in [3.8, 4) is 5.75 Å². The summed E-state index contributed by atoms with van der Waals surface area (Å²) in [7, 11) is -2.22. The molecular weight excluding hydrogens is 296 g/mol. The minimum absolute atomic E-state index is 0.0396. The second kappa shape index (κ2) is 5.40. The molecule has 4 N–H and O–H groups in total. The molecule has 0 atom stereocenters. The van der Waals surface area contributed by atoms with Crippen LogP contribution in [0.3, 0.4) is 0 Å². The van der Waals surface area contributed by atoms with Gasteiger partial charge in [-0.25, -0.2) is 8.42 Å². The number of hydrogen-bond acceptors (Lipinski definition) is 8. The van der Waals surface area contributed by atoms with Crippen LogP contribution in [0.5, 0.6) is 5.75 Å². The van der Waals surface area contributed by atoms with E-state index in [1.54, 1.807) is 24.3 Å². The van der Waals surface area contributed by atoms with Crippen molar-refractivity contribution in [2.75, 3.05) is 24.4 Å². The van der Waals surface area contributed by atoms with Crippen LogP contribution >= 0.6 is 0 Å². The highest BCUT2D eigenvalue weighted by Crippen LogP contribution is 2.19. The minimum atomic E-state index is -3.75. The first-order valence-electron chi connectivity index (χ1n) is 5.74. The Morgan fingerprint density at radius 3 is 2.76 bits per heavy atom. The smallest absolute Gasteiger partial charge is 0.253 e. The Hall–Kier alpha value is -2.62. The van der Waals surface area contributed by atoms with E-state index >= 15 is 0 Å². The van der Waals surface area contributed by atoms with Crippen LogP contribution in [0.4, 0.5) is 17.5 Å². The van der Waals surface area contributed by atoms with Crippen molar-refractivity contribution in [2.24, 2.45) is 0 Å². The first-order valence-corrected chi connectivity index (χ1v) is 7.59. The average Bonchev–Trinajstić information content (AvgIpc) is 2.41. The van der Waals surface area contributed by atoms with Crippen LogP contribution in [0.1, 0.15) is 0 Å². The molecule has 10 heteroatoms. The molecule has 0 aliphatic heterocycles. The van der Waals surface area contributed by atoms with Gasteiger partial charge in [0.25, 0.3) is 10.0 Å². The molecule has 9 nitrogen and oxygen atoms in total. The molecule has 1 aromatic carbocycles. The summed E-state index contributed by atoms with van der Waals surface area (Å²) in [6.45, 7) is 0. The summed E-state index contributed by atoms with van der Waals surface area (Å²) in [5.41, 5.74) is 5.64. The molecule has 2 aromatic rings. The van der Waals surface area contributed by atoms with Crippen molar-refractivity contribution in [3.63, 3.8) is 0 Å². The molecule has 0 aliphatic carbocycles. The molecule has 0 radical (unpaired) electrons. The van der Waals surface area contributed by atoms with Gasteiger partial charge in [0, 0.05) is 11.8 Å². The lowest BCUT2D eigenvalue weighted by atomic mass is 10.3. The SMILES string of the molecule is COc1cccc(Nc2nc(N)c(=N)n(S(C)(=O)=O)n2)c1. The van der Waals surface area contributed by atoms with Gasteiger partial charge in [-0.3, -0.25) is 5.41 Å². The Morgan fingerprint density at radius 1 is 1.43 bits per heavy atom. The molecule has 0 aliphatic rings. The summed E-state index contributed by atoms with van der Waals surface area (Å²) in [4.78, 5) is 3.84. The molecule has 0 bridgehead atoms. The van der Waals surface area contributed by atoms with Crippen LogP contribution in [-0.2, 0) is 10.0 Å². The van der Waals surface area contributed by atoms with Gasteiger partial charge in [0.2, 0.25) is 11.4 Å². The molecule has 21 heavy (non-hydrogen) atoms. The van der Waals surface area contributed by atoms with E-state index in [4.69, 9.17) is 15.9 Å². The number of nitrogen functional groups attached to an aromatic ring is 1. The molecule has 0 fully saturated rings. The number of aromatic nitrogens is 3. The maximum atomic E-state index is 11.6. The lowest BCUT2D eigenvalue weighted by Gasteiger charge is -2.09. The number of benzene rings is 1. The first kappa shape index (κ1) is 14.8. The highest BCUT2D eigenvalue weighted by Gasteiger charge is 2.13. The highest BCUT2D eigenvalue weighted by atomic mass is 32.2. The molecule has 0 amide bonds. The third-order valence-corrected chi connectivity index (χ3v) is 3.38. The molecule has 1 aromatic heterocycles. The van der Waals surface area contributed by atoms with Crippen LogP contribution in [-0.4, -0.2) is 36.0 Å². The van der Waals surface area contributed by atoms with E-state index in [9.17, 15) is 8.42 Å². The van der Waals surface area contributed by atoms with Crippen LogP contribution in [0.15, 0.2) is 24.3 Å². The van der Waals surface area contributed by atoms with Crippen LogP contribution in [0.2, 0.25) is 0 Å². The number of anilines is 3. The maximum absolute atomic E-state index is 11.6. The van der Waals surface area contributed by atoms with Gasteiger partial charge in [0.15, 0.2) is 5.82 Å². The Balaban J connectivity index is 2.46. The van der Waals surface area contributed by atoms with E-state index < -0.39 is 15.5 Å². The predicted octanol–water partition coefficient (Wildman–Crippen LogP) is -0.100. The van der Waals surface area contributed by atoms with E-state index in [0.717, 1.165) is 6.26 Å². The molecule has 1 heterocycles. The molecule has 0 saturated heterocycles. The number of ether oxygens (including phenoxy) is 1. The first-order chi connectivity index (χ1) is 9.81. The van der Waals surface area contributed by atoms with Crippen molar-refractivity contribution < 1.29 is 13.2 Å². The van der Waals surface area contributed by atoms with E-state index in [0.29, 0.717) is 15.5 Å². The van der Waals surface area contributed by atoms with Crippen molar-refractivity contribution in [1.29, 1.82) is 5.41 Å². The van der Waals surface area contributed by atoms with Gasteiger partial charge in [-0.2, -0.15) is 4.98 Å². The molecule has 112 valence electrons. The fraction of sp³-hybridized carbons (Fsp3) is 0.182. The third-order valence-electron chi connectivity index (χ3n) is 2.49. The summed E-state index contributed by atoms with van der Waals surface area (Å²) in [6, 6.07) is 6.90. The maximum Gasteiger partial charge on any atom is 0.253 e. The van der Waals surface area contributed by atoms with Crippen molar-refractivity contribution in [1.82, 2.24) is 14.2 Å². The zero-order chi connectivity index (χ0) is 15.6. The molecule has 0 unspecified atom stereocenters. The second-order valence-corrected chi connectivity index (χ2v) is 5.94. The molecule has 0 spiro atoms. The number of methoxy groups -OCH3 is 1. The number of nitrogens with two attached hydrogens (primary N) is 1. The van der Waals surface area contributed by atoms with Gasteiger partial charge in [0.1, 0.15) is 5.75 Å². The van der Waals surface area contributed by atoms with Crippen LogP contribution < -0.4 is 21.3 Å². The van der Waals surface area contributed by atoms with Gasteiger partial charge < -0.3 is 15.8 Å². The van der Waals surface area contributed by atoms with Gasteiger partial charge >= 0.3 is 0 Å². The monoisotopic (exact) mass is 310 g/mol. The Kier molecular flexibility index (Phi) is 3.80. The predicted molar refractivity (Wildman–Crippen MR) is 76.8 cm³/mol. The van der Waals surface area contributed by atoms with Gasteiger partial charge in [-0.1, -0.05) is 6.07 Å². The summed E-state index contributed by atoms with van der Waals surface area (Å²) >= 11 is 0.